The smallest absolute Gasteiger partial charge is 0.255 e. The van der Waals surface area contributed by atoms with Crippen molar-refractivity contribution in [3.05, 3.63) is 53.7 Å². The number of hydrogen-bond donors (Lipinski definition) is 1. The van der Waals surface area contributed by atoms with Gasteiger partial charge in [0.05, 0.1) is 31.7 Å². The van der Waals surface area contributed by atoms with Crippen LogP contribution in [0, 0.1) is 0 Å². The highest BCUT2D eigenvalue weighted by Gasteiger charge is 2.07. The first-order chi connectivity index (χ1) is 10.6. The third kappa shape index (κ3) is 4.56. The zero-order chi connectivity index (χ0) is 15.9. The number of amides is 1. The molecule has 1 N–H and O–H groups in total. The van der Waals surface area contributed by atoms with Crippen LogP contribution in [0.15, 0.2) is 42.6 Å². The molecule has 5 heteroatoms. The Morgan fingerprint density at radius 1 is 1.18 bits per heavy atom. The summed E-state index contributed by atoms with van der Waals surface area (Å²) in [5.41, 5.74) is 2.25. The Labute approximate surface area is 130 Å². The van der Waals surface area contributed by atoms with Crippen molar-refractivity contribution in [3.63, 3.8) is 0 Å². The van der Waals surface area contributed by atoms with Crippen LogP contribution < -0.4 is 10.1 Å². The monoisotopic (exact) mass is 300 g/mol. The minimum absolute atomic E-state index is 0.178. The number of carbonyl (C=O) groups excluding carboxylic acids is 1. The lowest BCUT2D eigenvalue weighted by Crippen LogP contribution is -2.12. The first-order valence-electron chi connectivity index (χ1n) is 7.10. The summed E-state index contributed by atoms with van der Waals surface area (Å²) in [6.07, 6.45) is 1.74. The summed E-state index contributed by atoms with van der Waals surface area (Å²) >= 11 is 0. The van der Waals surface area contributed by atoms with Crippen molar-refractivity contribution in [1.29, 1.82) is 0 Å². The fourth-order valence-corrected chi connectivity index (χ4v) is 1.79. The number of nitrogens with one attached hydrogen (secondary N) is 1. The van der Waals surface area contributed by atoms with Gasteiger partial charge in [0.15, 0.2) is 0 Å². The van der Waals surface area contributed by atoms with Crippen LogP contribution in [0.3, 0.4) is 0 Å². The molecule has 1 aromatic heterocycles. The Hall–Kier alpha value is -2.40. The number of methoxy groups -OCH3 is 1. The number of rotatable bonds is 6. The van der Waals surface area contributed by atoms with E-state index >= 15 is 0 Å². The van der Waals surface area contributed by atoms with E-state index in [4.69, 9.17) is 9.47 Å². The topological polar surface area (TPSA) is 60.5 Å². The van der Waals surface area contributed by atoms with E-state index in [0.717, 1.165) is 5.56 Å². The number of aromatic nitrogens is 1. The first kappa shape index (κ1) is 16.0. The average Bonchev–Trinajstić information content (AvgIpc) is 2.54. The van der Waals surface area contributed by atoms with Crippen LogP contribution >= 0.6 is 0 Å². The molecule has 0 aliphatic carbocycles. The molecular weight excluding hydrogens is 280 g/mol. The second kappa shape index (κ2) is 7.56. The minimum atomic E-state index is -0.178. The van der Waals surface area contributed by atoms with Gasteiger partial charge in [0.1, 0.15) is 0 Å². The largest absolute Gasteiger partial charge is 0.481 e. The van der Waals surface area contributed by atoms with E-state index in [1.807, 2.05) is 26.0 Å². The van der Waals surface area contributed by atoms with Gasteiger partial charge in [-0.1, -0.05) is 12.1 Å². The van der Waals surface area contributed by atoms with Crippen LogP contribution in [0.2, 0.25) is 0 Å². The Balaban J connectivity index is 1.96. The van der Waals surface area contributed by atoms with E-state index in [-0.39, 0.29) is 12.0 Å². The lowest BCUT2D eigenvalue weighted by atomic mass is 10.1. The van der Waals surface area contributed by atoms with Crippen LogP contribution in [-0.2, 0) is 11.3 Å². The van der Waals surface area contributed by atoms with Crippen molar-refractivity contribution < 1.29 is 14.3 Å². The molecule has 116 valence electrons. The maximum atomic E-state index is 12.1. The third-order valence-corrected chi connectivity index (χ3v) is 3.00. The highest BCUT2D eigenvalue weighted by atomic mass is 16.5. The molecule has 1 aromatic carbocycles. The normalized spacial score (nSPS) is 10.5. The van der Waals surface area contributed by atoms with Crippen molar-refractivity contribution in [2.75, 3.05) is 12.4 Å². The zero-order valence-corrected chi connectivity index (χ0v) is 13.0. The molecule has 0 aliphatic heterocycles. The average molecular weight is 300 g/mol. The molecule has 0 saturated heterocycles. The maximum Gasteiger partial charge on any atom is 0.255 e. The molecule has 2 rings (SSSR count). The molecule has 0 saturated carbocycles. The highest BCUT2D eigenvalue weighted by molar-refractivity contribution is 6.04. The van der Waals surface area contributed by atoms with Gasteiger partial charge >= 0.3 is 0 Å². The second-order valence-electron chi connectivity index (χ2n) is 5.10. The van der Waals surface area contributed by atoms with Crippen molar-refractivity contribution in [1.82, 2.24) is 4.98 Å². The highest BCUT2D eigenvalue weighted by Crippen LogP contribution is 2.13. The minimum Gasteiger partial charge on any atom is -0.481 e. The number of ether oxygens (including phenoxy) is 2. The van der Waals surface area contributed by atoms with Crippen molar-refractivity contribution in [2.24, 2.45) is 0 Å². The number of hydrogen-bond acceptors (Lipinski definition) is 4. The van der Waals surface area contributed by atoms with E-state index in [1.54, 1.807) is 37.6 Å². The van der Waals surface area contributed by atoms with Crippen LogP contribution in [0.25, 0.3) is 0 Å². The third-order valence-electron chi connectivity index (χ3n) is 3.00. The van der Waals surface area contributed by atoms with Crippen LogP contribution in [-0.4, -0.2) is 24.1 Å². The molecule has 1 heterocycles. The Morgan fingerprint density at radius 3 is 2.45 bits per heavy atom. The molecule has 0 bridgehead atoms. The van der Waals surface area contributed by atoms with Gasteiger partial charge in [0.2, 0.25) is 5.88 Å². The number of pyridine rings is 1. The summed E-state index contributed by atoms with van der Waals surface area (Å²) in [4.78, 5) is 16.2. The molecule has 5 nitrogen and oxygen atoms in total. The summed E-state index contributed by atoms with van der Waals surface area (Å²) in [5.74, 6) is 0.329. The van der Waals surface area contributed by atoms with Gasteiger partial charge in [-0.25, -0.2) is 4.98 Å². The lowest BCUT2D eigenvalue weighted by Gasteiger charge is -2.09. The fourth-order valence-electron chi connectivity index (χ4n) is 1.79. The molecule has 0 spiro atoms. The number of carbonyl (C=O) groups is 1. The van der Waals surface area contributed by atoms with E-state index < -0.39 is 0 Å². The molecule has 22 heavy (non-hydrogen) atoms. The number of benzene rings is 1. The predicted octanol–water partition coefficient (Wildman–Crippen LogP) is 3.27. The standard InChI is InChI=1S/C17H20N2O3/c1-12(2)22-11-13-4-6-14(7-5-13)17(20)19-15-8-9-16(21-3)18-10-15/h4-10,12H,11H2,1-3H3,(H,19,20). The summed E-state index contributed by atoms with van der Waals surface area (Å²) in [5, 5.41) is 2.79. The molecule has 0 aliphatic rings. The second-order valence-corrected chi connectivity index (χ2v) is 5.10. The van der Waals surface area contributed by atoms with Crippen molar-refractivity contribution >= 4 is 11.6 Å². The van der Waals surface area contributed by atoms with E-state index in [0.29, 0.717) is 23.7 Å². The Bertz CT molecular complexity index is 607. The molecule has 0 radical (unpaired) electrons. The van der Waals surface area contributed by atoms with Crippen molar-refractivity contribution in [3.8, 4) is 5.88 Å². The first-order valence-corrected chi connectivity index (χ1v) is 7.10. The Kier molecular flexibility index (Phi) is 5.49. The quantitative estimate of drug-likeness (QED) is 0.889. The lowest BCUT2D eigenvalue weighted by molar-refractivity contribution is 0.0657. The number of nitrogens with zero attached hydrogens (tertiary/aromatic N) is 1. The van der Waals surface area contributed by atoms with E-state index in [2.05, 4.69) is 10.3 Å². The van der Waals surface area contributed by atoms with Gasteiger partial charge in [-0.2, -0.15) is 0 Å². The van der Waals surface area contributed by atoms with Crippen LogP contribution in [0.5, 0.6) is 5.88 Å². The van der Waals surface area contributed by atoms with E-state index in [9.17, 15) is 4.79 Å². The molecule has 2 aromatic rings. The number of anilines is 1. The van der Waals surface area contributed by atoms with Gasteiger partial charge in [-0.05, 0) is 37.6 Å². The van der Waals surface area contributed by atoms with Gasteiger partial charge in [0, 0.05) is 11.6 Å². The van der Waals surface area contributed by atoms with Gasteiger partial charge in [-0.3, -0.25) is 4.79 Å². The molecule has 0 unspecified atom stereocenters. The fraction of sp³-hybridized carbons (Fsp3) is 0.294. The summed E-state index contributed by atoms with van der Waals surface area (Å²) in [7, 11) is 1.55. The summed E-state index contributed by atoms with van der Waals surface area (Å²) in [6, 6.07) is 10.8. The van der Waals surface area contributed by atoms with E-state index in [1.165, 1.54) is 0 Å². The van der Waals surface area contributed by atoms with Crippen LogP contribution in [0.4, 0.5) is 5.69 Å². The Morgan fingerprint density at radius 2 is 1.91 bits per heavy atom. The van der Waals surface area contributed by atoms with Crippen LogP contribution in [0.1, 0.15) is 29.8 Å². The maximum absolute atomic E-state index is 12.1. The van der Waals surface area contributed by atoms with Gasteiger partial charge in [-0.15, -0.1) is 0 Å². The summed E-state index contributed by atoms with van der Waals surface area (Å²) < 4.78 is 10.5. The van der Waals surface area contributed by atoms with Gasteiger partial charge < -0.3 is 14.8 Å². The van der Waals surface area contributed by atoms with Crippen molar-refractivity contribution in [2.45, 2.75) is 26.6 Å². The predicted molar refractivity (Wildman–Crippen MR) is 85.1 cm³/mol. The van der Waals surface area contributed by atoms with Gasteiger partial charge in [0.25, 0.3) is 5.91 Å². The molecule has 0 atom stereocenters. The molecule has 1 amide bonds. The molecular formula is C17H20N2O3. The summed E-state index contributed by atoms with van der Waals surface area (Å²) in [6.45, 7) is 4.53. The zero-order valence-electron chi connectivity index (χ0n) is 13.0. The SMILES string of the molecule is COc1ccc(NC(=O)c2ccc(COC(C)C)cc2)cn1. The molecule has 0 fully saturated rings.